The van der Waals surface area contributed by atoms with E-state index < -0.39 is 16.8 Å². The molecule has 0 bridgehead atoms. The molecule has 7 heteroatoms. The molecule has 0 radical (unpaired) electrons. The standard InChI is InChI=1S/C16H21FN2O3S/c17-14-3-1-2-13(12-14)15(18-4-8-22-9-5-18)16(20)19-6-10-23(21)11-7-19/h1-3,12,15H,4-11H2. The summed E-state index contributed by atoms with van der Waals surface area (Å²) < 4.78 is 30.5. The second-order valence-corrected chi connectivity index (χ2v) is 7.48. The lowest BCUT2D eigenvalue weighted by Gasteiger charge is -2.37. The molecule has 5 nitrogen and oxygen atoms in total. The lowest BCUT2D eigenvalue weighted by atomic mass is 10.0. The van der Waals surface area contributed by atoms with Crippen LogP contribution >= 0.6 is 0 Å². The number of hydrogen-bond donors (Lipinski definition) is 0. The zero-order chi connectivity index (χ0) is 16.2. The molecular formula is C16H21FN2O3S. The highest BCUT2D eigenvalue weighted by Gasteiger charge is 2.33. The first-order valence-corrected chi connectivity index (χ1v) is 9.35. The van der Waals surface area contributed by atoms with Crippen LogP contribution < -0.4 is 0 Å². The van der Waals surface area contributed by atoms with Crippen molar-refractivity contribution in [1.82, 2.24) is 9.80 Å². The third kappa shape index (κ3) is 3.97. The van der Waals surface area contributed by atoms with Gasteiger partial charge in [-0.1, -0.05) is 12.1 Å². The fraction of sp³-hybridized carbons (Fsp3) is 0.562. The molecule has 0 saturated carbocycles. The number of rotatable bonds is 3. The number of carbonyl (C=O) groups excluding carboxylic acids is 1. The number of ether oxygens (including phenoxy) is 1. The Labute approximate surface area is 137 Å². The number of nitrogens with zero attached hydrogens (tertiary/aromatic N) is 2. The zero-order valence-electron chi connectivity index (χ0n) is 12.9. The van der Waals surface area contributed by atoms with Gasteiger partial charge in [-0.25, -0.2) is 4.39 Å². The van der Waals surface area contributed by atoms with Crippen molar-refractivity contribution in [1.29, 1.82) is 0 Å². The Bertz CT molecular complexity index is 582. The molecular weight excluding hydrogens is 319 g/mol. The molecule has 0 aromatic heterocycles. The molecule has 1 aromatic rings. The third-order valence-electron chi connectivity index (χ3n) is 4.30. The van der Waals surface area contributed by atoms with Crippen LogP contribution in [0.5, 0.6) is 0 Å². The molecule has 0 aliphatic carbocycles. The Hall–Kier alpha value is -1.31. The van der Waals surface area contributed by atoms with Crippen LogP contribution in [0.25, 0.3) is 0 Å². The van der Waals surface area contributed by atoms with Crippen LogP contribution in [0.2, 0.25) is 0 Å². The quantitative estimate of drug-likeness (QED) is 0.816. The summed E-state index contributed by atoms with van der Waals surface area (Å²) in [6, 6.07) is 5.75. The lowest BCUT2D eigenvalue weighted by Crippen LogP contribution is -2.50. The van der Waals surface area contributed by atoms with Crippen LogP contribution in [0.3, 0.4) is 0 Å². The van der Waals surface area contributed by atoms with Gasteiger partial charge in [0, 0.05) is 48.5 Å². The maximum Gasteiger partial charge on any atom is 0.244 e. The first-order chi connectivity index (χ1) is 11.1. The smallest absolute Gasteiger partial charge is 0.244 e. The van der Waals surface area contributed by atoms with Gasteiger partial charge in [-0.05, 0) is 17.7 Å². The predicted molar refractivity (Wildman–Crippen MR) is 86.0 cm³/mol. The van der Waals surface area contributed by atoms with E-state index in [-0.39, 0.29) is 11.7 Å². The Kier molecular flexibility index (Phi) is 5.40. The fourth-order valence-electron chi connectivity index (χ4n) is 3.05. The van der Waals surface area contributed by atoms with Crippen molar-refractivity contribution >= 4 is 16.7 Å². The van der Waals surface area contributed by atoms with Crippen LogP contribution in [0.4, 0.5) is 4.39 Å². The van der Waals surface area contributed by atoms with E-state index in [1.54, 1.807) is 17.0 Å². The van der Waals surface area contributed by atoms with E-state index in [0.717, 1.165) is 0 Å². The van der Waals surface area contributed by atoms with E-state index in [4.69, 9.17) is 4.74 Å². The van der Waals surface area contributed by atoms with Crippen molar-refractivity contribution in [3.63, 3.8) is 0 Å². The molecule has 0 N–H and O–H groups in total. The summed E-state index contributed by atoms with van der Waals surface area (Å²) in [5.74, 6) is 0.664. The van der Waals surface area contributed by atoms with Crippen LogP contribution in [0.1, 0.15) is 11.6 Å². The average Bonchev–Trinajstić information content (AvgIpc) is 2.57. The van der Waals surface area contributed by atoms with E-state index in [1.165, 1.54) is 12.1 Å². The van der Waals surface area contributed by atoms with Gasteiger partial charge in [-0.2, -0.15) is 0 Å². The molecule has 2 aliphatic rings. The van der Waals surface area contributed by atoms with E-state index in [1.807, 2.05) is 4.90 Å². The van der Waals surface area contributed by atoms with Crippen LogP contribution in [0.15, 0.2) is 24.3 Å². The molecule has 2 saturated heterocycles. The molecule has 126 valence electrons. The van der Waals surface area contributed by atoms with Crippen molar-refractivity contribution in [2.75, 3.05) is 50.9 Å². The van der Waals surface area contributed by atoms with Gasteiger partial charge in [-0.15, -0.1) is 0 Å². The number of benzene rings is 1. The van der Waals surface area contributed by atoms with Gasteiger partial charge < -0.3 is 9.64 Å². The van der Waals surface area contributed by atoms with Crippen molar-refractivity contribution in [3.8, 4) is 0 Å². The minimum Gasteiger partial charge on any atom is -0.379 e. The maximum absolute atomic E-state index is 13.6. The highest BCUT2D eigenvalue weighted by atomic mass is 32.2. The number of hydrogen-bond acceptors (Lipinski definition) is 4. The Balaban J connectivity index is 1.84. The molecule has 2 heterocycles. The second kappa shape index (κ2) is 7.51. The fourth-order valence-corrected chi connectivity index (χ4v) is 4.11. The average molecular weight is 340 g/mol. The highest BCUT2D eigenvalue weighted by molar-refractivity contribution is 7.85. The first kappa shape index (κ1) is 16.5. The largest absolute Gasteiger partial charge is 0.379 e. The monoisotopic (exact) mass is 340 g/mol. The summed E-state index contributed by atoms with van der Waals surface area (Å²) in [6.07, 6.45) is 0. The van der Waals surface area contributed by atoms with Crippen LogP contribution in [0, 0.1) is 5.82 Å². The number of morpholine rings is 1. The lowest BCUT2D eigenvalue weighted by molar-refractivity contribution is -0.138. The van der Waals surface area contributed by atoms with Gasteiger partial charge in [0.15, 0.2) is 0 Å². The maximum atomic E-state index is 13.6. The van der Waals surface area contributed by atoms with Crippen LogP contribution in [-0.2, 0) is 20.3 Å². The van der Waals surface area contributed by atoms with Gasteiger partial charge >= 0.3 is 0 Å². The van der Waals surface area contributed by atoms with E-state index in [2.05, 4.69) is 0 Å². The number of halogens is 1. The SMILES string of the molecule is O=C(C(c1cccc(F)c1)N1CCOCC1)N1CCS(=O)CC1. The highest BCUT2D eigenvalue weighted by Crippen LogP contribution is 2.25. The van der Waals surface area contributed by atoms with Gasteiger partial charge in [-0.3, -0.25) is 13.9 Å². The predicted octanol–water partition coefficient (Wildman–Crippen LogP) is 0.790. The minimum absolute atomic E-state index is 0.0331. The molecule has 1 amide bonds. The van der Waals surface area contributed by atoms with Crippen molar-refractivity contribution in [2.24, 2.45) is 0 Å². The summed E-state index contributed by atoms with van der Waals surface area (Å²) in [7, 11) is -0.831. The van der Waals surface area contributed by atoms with Gasteiger partial charge in [0.05, 0.1) is 13.2 Å². The molecule has 2 fully saturated rings. The summed E-state index contributed by atoms with van der Waals surface area (Å²) in [5, 5.41) is 0. The molecule has 1 unspecified atom stereocenters. The van der Waals surface area contributed by atoms with Crippen molar-refractivity contribution in [3.05, 3.63) is 35.6 Å². The van der Waals surface area contributed by atoms with E-state index in [9.17, 15) is 13.4 Å². The Morgan fingerprint density at radius 3 is 2.52 bits per heavy atom. The van der Waals surface area contributed by atoms with Crippen molar-refractivity contribution < 1.29 is 18.1 Å². The number of amides is 1. The summed E-state index contributed by atoms with van der Waals surface area (Å²) >= 11 is 0. The third-order valence-corrected chi connectivity index (χ3v) is 5.57. The van der Waals surface area contributed by atoms with Gasteiger partial charge in [0.25, 0.3) is 0 Å². The molecule has 1 aromatic carbocycles. The summed E-state index contributed by atoms with van der Waals surface area (Å²) in [4.78, 5) is 16.8. The minimum atomic E-state index is -0.831. The molecule has 3 rings (SSSR count). The van der Waals surface area contributed by atoms with Crippen molar-refractivity contribution in [2.45, 2.75) is 6.04 Å². The van der Waals surface area contributed by atoms with E-state index in [0.29, 0.717) is 56.5 Å². The first-order valence-electron chi connectivity index (χ1n) is 7.86. The summed E-state index contributed by atoms with van der Waals surface area (Å²) in [5.41, 5.74) is 0.670. The molecule has 0 spiro atoms. The number of carbonyl (C=O) groups is 1. The Morgan fingerprint density at radius 2 is 1.87 bits per heavy atom. The van der Waals surface area contributed by atoms with E-state index >= 15 is 0 Å². The van der Waals surface area contributed by atoms with Gasteiger partial charge in [0.1, 0.15) is 11.9 Å². The van der Waals surface area contributed by atoms with Gasteiger partial charge in [0.2, 0.25) is 5.91 Å². The normalized spacial score (nSPS) is 22.0. The Morgan fingerprint density at radius 1 is 1.17 bits per heavy atom. The molecule has 23 heavy (non-hydrogen) atoms. The zero-order valence-corrected chi connectivity index (χ0v) is 13.8. The topological polar surface area (TPSA) is 49.9 Å². The van der Waals surface area contributed by atoms with Crippen LogP contribution in [-0.4, -0.2) is 70.8 Å². The summed E-state index contributed by atoms with van der Waals surface area (Å²) in [6.45, 7) is 3.44. The molecule has 2 aliphatic heterocycles. The second-order valence-electron chi connectivity index (χ2n) is 5.78. The molecule has 1 atom stereocenters.